The van der Waals surface area contributed by atoms with Gasteiger partial charge in [-0.15, -0.1) is 0 Å². The third-order valence-electron chi connectivity index (χ3n) is 10.1. The second-order valence-electron chi connectivity index (χ2n) is 12.4. The Morgan fingerprint density at radius 1 is 1.07 bits per heavy atom. The lowest BCUT2D eigenvalue weighted by Crippen LogP contribution is -2.51. The number of fused-ring (bicyclic) bond motifs is 5. The Kier molecular flexibility index (Phi) is 6.32. The molecule has 2 aromatic carbocycles. The molecule has 7 rings (SSSR count). The number of allylic oxidation sites excluding steroid dienone is 3. The van der Waals surface area contributed by atoms with Crippen molar-refractivity contribution < 1.29 is 33.4 Å². The van der Waals surface area contributed by atoms with Crippen LogP contribution in [0.3, 0.4) is 0 Å². The topological polar surface area (TPSA) is 104 Å². The van der Waals surface area contributed by atoms with E-state index in [1.807, 2.05) is 13.0 Å². The minimum atomic E-state index is -1.26. The minimum absolute atomic E-state index is 0.0755. The molecule has 3 fully saturated rings. The average Bonchev–Trinajstić information content (AvgIpc) is 3.34. The summed E-state index contributed by atoms with van der Waals surface area (Å²) in [6.45, 7) is 4.03. The molecule has 6 unspecified atom stereocenters. The number of carbonyl (C=O) groups is 4. The van der Waals surface area contributed by atoms with Crippen molar-refractivity contribution in [3.8, 4) is 11.5 Å². The fourth-order valence-electron chi connectivity index (χ4n) is 8.23. The first-order valence-corrected chi connectivity index (χ1v) is 15.0. The number of imide groups is 2. The summed E-state index contributed by atoms with van der Waals surface area (Å²) in [5.74, 6) is -4.30. The van der Waals surface area contributed by atoms with E-state index in [1.165, 1.54) is 23.1 Å². The summed E-state index contributed by atoms with van der Waals surface area (Å²) in [6.07, 6.45) is 5.19. The number of likely N-dealkylation sites (tertiary alicyclic amines) is 1. The number of ether oxygens (including phenoxy) is 1. The largest absolute Gasteiger partial charge is 0.508 e. The van der Waals surface area contributed by atoms with E-state index in [-0.39, 0.29) is 34.7 Å². The van der Waals surface area contributed by atoms with Gasteiger partial charge in [0.25, 0.3) is 0 Å². The molecular weight excluding hydrogens is 575 g/mol. The molecule has 10 heteroatoms. The Bertz CT molecular complexity index is 1690. The van der Waals surface area contributed by atoms with Gasteiger partial charge in [-0.3, -0.25) is 24.1 Å². The summed E-state index contributed by atoms with van der Waals surface area (Å²) >= 11 is 6.06. The standard InChI is InChI=1S/C33H30ClFN2O6/c1-3-10-36-29(39)21-7-6-20-22(27(21)31(36)41)14-23-30(40)37(18-4-8-25(35)24(34)13-18)32(42)33(23,2)28(20)17-11-16-12-19(38)5-9-26(16)43-15-17/h4-6,8-9,12-13,15,21-23,27-28,38H,3,7,10-11,14H2,1-2H3. The van der Waals surface area contributed by atoms with Crippen LogP contribution < -0.4 is 9.64 Å². The predicted molar refractivity (Wildman–Crippen MR) is 154 cm³/mol. The minimum Gasteiger partial charge on any atom is -0.508 e. The van der Waals surface area contributed by atoms with Gasteiger partial charge in [0.15, 0.2) is 0 Å². The van der Waals surface area contributed by atoms with E-state index >= 15 is 0 Å². The summed E-state index contributed by atoms with van der Waals surface area (Å²) in [6, 6.07) is 8.58. The van der Waals surface area contributed by atoms with E-state index in [0.29, 0.717) is 31.6 Å². The van der Waals surface area contributed by atoms with Crippen LogP contribution in [-0.4, -0.2) is 40.2 Å². The van der Waals surface area contributed by atoms with E-state index in [1.54, 1.807) is 25.3 Å². The molecular formula is C33H30ClFN2O6. The van der Waals surface area contributed by atoms with Crippen LogP contribution in [0, 0.1) is 40.8 Å². The van der Waals surface area contributed by atoms with E-state index in [9.17, 15) is 28.7 Å². The molecule has 0 radical (unpaired) electrons. The SMILES string of the molecule is CCCN1C(=O)C2CC=C3C(CC4C(=O)N(c5ccc(F)c(Cl)c5)C(=O)C4(C)C3C3=COc4ccc(O)cc4C3)C2C1=O. The number of phenols is 1. The molecule has 5 aliphatic rings. The van der Waals surface area contributed by atoms with Crippen molar-refractivity contribution >= 4 is 40.9 Å². The Morgan fingerprint density at radius 3 is 2.60 bits per heavy atom. The number of nitrogens with zero attached hydrogens (tertiary/aromatic N) is 2. The summed E-state index contributed by atoms with van der Waals surface area (Å²) in [4.78, 5) is 58.2. The first-order chi connectivity index (χ1) is 20.6. The van der Waals surface area contributed by atoms with Gasteiger partial charge >= 0.3 is 0 Å². The monoisotopic (exact) mass is 604 g/mol. The van der Waals surface area contributed by atoms with E-state index in [4.69, 9.17) is 16.3 Å². The first kappa shape index (κ1) is 27.8. The molecule has 3 heterocycles. The van der Waals surface area contributed by atoms with Gasteiger partial charge in [0.05, 0.1) is 40.1 Å². The molecule has 3 aliphatic heterocycles. The highest BCUT2D eigenvalue weighted by Gasteiger charge is 2.68. The van der Waals surface area contributed by atoms with E-state index in [2.05, 4.69) is 0 Å². The average molecular weight is 605 g/mol. The second-order valence-corrected chi connectivity index (χ2v) is 12.8. The van der Waals surface area contributed by atoms with Gasteiger partial charge in [-0.05, 0) is 74.1 Å². The van der Waals surface area contributed by atoms with Gasteiger partial charge in [-0.2, -0.15) is 0 Å². The maximum absolute atomic E-state index is 14.5. The number of benzene rings is 2. The Labute approximate surface area is 252 Å². The number of hydrogen-bond donors (Lipinski definition) is 1. The highest BCUT2D eigenvalue weighted by Crippen LogP contribution is 2.63. The number of hydrogen-bond acceptors (Lipinski definition) is 6. The first-order valence-electron chi connectivity index (χ1n) is 14.6. The normalized spacial score (nSPS) is 31.2. The number of carbonyl (C=O) groups excluding carboxylic acids is 4. The van der Waals surface area contributed by atoms with Gasteiger partial charge in [-0.25, -0.2) is 9.29 Å². The molecule has 1 N–H and O–H groups in total. The van der Waals surface area contributed by atoms with Crippen molar-refractivity contribution in [1.29, 1.82) is 0 Å². The molecule has 43 heavy (non-hydrogen) atoms. The van der Waals surface area contributed by atoms with Crippen LogP contribution in [0.1, 0.15) is 38.7 Å². The van der Waals surface area contributed by atoms with Gasteiger partial charge in [0, 0.05) is 24.4 Å². The van der Waals surface area contributed by atoms with Crippen molar-refractivity contribution in [3.63, 3.8) is 0 Å². The molecule has 2 saturated heterocycles. The Balaban J connectivity index is 1.37. The van der Waals surface area contributed by atoms with Crippen LogP contribution in [-0.2, 0) is 25.6 Å². The molecule has 6 atom stereocenters. The second kappa shape index (κ2) is 9.77. The van der Waals surface area contributed by atoms with Crippen LogP contribution in [0.25, 0.3) is 0 Å². The van der Waals surface area contributed by atoms with Crippen molar-refractivity contribution in [2.75, 3.05) is 11.4 Å². The third kappa shape index (κ3) is 3.86. The van der Waals surface area contributed by atoms with Crippen LogP contribution >= 0.6 is 11.6 Å². The lowest BCUT2D eigenvalue weighted by Gasteiger charge is -2.49. The van der Waals surface area contributed by atoms with Crippen molar-refractivity contribution in [2.45, 2.75) is 39.5 Å². The van der Waals surface area contributed by atoms with Crippen molar-refractivity contribution in [2.24, 2.45) is 35.0 Å². The number of amides is 4. The molecule has 1 saturated carbocycles. The Morgan fingerprint density at radius 2 is 1.86 bits per heavy atom. The highest BCUT2D eigenvalue weighted by atomic mass is 35.5. The zero-order valence-electron chi connectivity index (χ0n) is 23.7. The predicted octanol–water partition coefficient (Wildman–Crippen LogP) is 5.18. The Hall–Kier alpha value is -3.98. The lowest BCUT2D eigenvalue weighted by atomic mass is 9.51. The molecule has 8 nitrogen and oxygen atoms in total. The molecule has 0 aromatic heterocycles. The van der Waals surface area contributed by atoms with E-state index in [0.717, 1.165) is 27.7 Å². The maximum Gasteiger partial charge on any atom is 0.241 e. The zero-order valence-corrected chi connectivity index (χ0v) is 24.4. The fraction of sp³-hybridized carbons (Fsp3) is 0.394. The van der Waals surface area contributed by atoms with Crippen LogP contribution in [0.15, 0.2) is 59.9 Å². The molecule has 4 amide bonds. The van der Waals surface area contributed by atoms with Gasteiger partial charge in [0.1, 0.15) is 17.3 Å². The maximum atomic E-state index is 14.5. The molecule has 2 aliphatic carbocycles. The number of aromatic hydroxyl groups is 1. The van der Waals surface area contributed by atoms with Crippen LogP contribution in [0.2, 0.25) is 5.02 Å². The van der Waals surface area contributed by atoms with Crippen molar-refractivity contribution in [1.82, 2.24) is 4.90 Å². The van der Waals surface area contributed by atoms with Gasteiger partial charge in [-0.1, -0.05) is 30.2 Å². The smallest absolute Gasteiger partial charge is 0.241 e. The molecule has 222 valence electrons. The third-order valence-corrected chi connectivity index (χ3v) is 10.4. The number of anilines is 1. The summed E-state index contributed by atoms with van der Waals surface area (Å²) in [5, 5.41) is 9.97. The molecule has 0 bridgehead atoms. The van der Waals surface area contributed by atoms with Gasteiger partial charge in [0.2, 0.25) is 23.6 Å². The quantitative estimate of drug-likeness (QED) is 0.381. The van der Waals surface area contributed by atoms with E-state index < -0.39 is 52.6 Å². The number of halogens is 2. The number of phenolic OH excluding ortho intramolecular Hbond substituents is 1. The number of rotatable bonds is 4. The summed E-state index contributed by atoms with van der Waals surface area (Å²) in [5.41, 5.74) is 1.25. The zero-order chi connectivity index (χ0) is 30.4. The molecule has 0 spiro atoms. The fourth-order valence-corrected chi connectivity index (χ4v) is 8.40. The van der Waals surface area contributed by atoms with Crippen LogP contribution in [0.5, 0.6) is 11.5 Å². The van der Waals surface area contributed by atoms with Crippen LogP contribution in [0.4, 0.5) is 10.1 Å². The summed E-state index contributed by atoms with van der Waals surface area (Å²) in [7, 11) is 0. The lowest BCUT2D eigenvalue weighted by molar-refractivity contribution is -0.140. The molecule has 2 aromatic rings. The van der Waals surface area contributed by atoms with Crippen molar-refractivity contribution in [3.05, 3.63) is 76.3 Å². The highest BCUT2D eigenvalue weighted by molar-refractivity contribution is 6.31. The summed E-state index contributed by atoms with van der Waals surface area (Å²) < 4.78 is 20.1. The van der Waals surface area contributed by atoms with Gasteiger partial charge < -0.3 is 9.84 Å².